The topological polar surface area (TPSA) is 15.3 Å². The molecule has 0 spiro atoms. The van der Waals surface area contributed by atoms with Gasteiger partial charge in [-0.15, -0.1) is 0 Å². The summed E-state index contributed by atoms with van der Waals surface area (Å²) in [5, 5.41) is 3.29. The van der Waals surface area contributed by atoms with Gasteiger partial charge in [0.2, 0.25) is 0 Å². The van der Waals surface area contributed by atoms with E-state index in [0.717, 1.165) is 12.0 Å². The minimum Gasteiger partial charge on any atom is -0.317 e. The fraction of sp³-hybridized carbons (Fsp3) is 1.00. The molecule has 1 fully saturated rings. The zero-order valence-electron chi connectivity index (χ0n) is 15.5. The van der Waals surface area contributed by atoms with Crippen molar-refractivity contribution >= 4 is 0 Å². The van der Waals surface area contributed by atoms with Crippen LogP contribution in [0.4, 0.5) is 0 Å². The Kier molecular flexibility index (Phi) is 18.8. The molecule has 0 amide bonds. The Morgan fingerprint density at radius 1 is 1.10 bits per heavy atom. The summed E-state index contributed by atoms with van der Waals surface area (Å²) in [5.41, 5.74) is 0. The number of likely N-dealkylation sites (tertiary alicyclic amines) is 1. The van der Waals surface area contributed by atoms with Crippen LogP contribution in [-0.4, -0.2) is 38.1 Å². The predicted octanol–water partition coefficient (Wildman–Crippen LogP) is 4.94. The highest BCUT2D eigenvalue weighted by Gasteiger charge is 2.13. The first kappa shape index (κ1) is 22.2. The van der Waals surface area contributed by atoms with Crippen LogP contribution in [0.25, 0.3) is 0 Å². The molecule has 0 bridgehead atoms. The van der Waals surface area contributed by atoms with E-state index < -0.39 is 0 Å². The molecule has 0 radical (unpaired) electrons. The van der Waals surface area contributed by atoms with E-state index in [1.807, 2.05) is 20.9 Å². The number of hydrogen-bond donors (Lipinski definition) is 1. The maximum Gasteiger partial charge on any atom is 0.00614 e. The lowest BCUT2D eigenvalue weighted by molar-refractivity contribution is 0.216. The first-order valence-electron chi connectivity index (χ1n) is 9.03. The largest absolute Gasteiger partial charge is 0.317 e. The second-order valence-electron chi connectivity index (χ2n) is 5.69. The normalized spacial score (nSPS) is 17.6. The van der Waals surface area contributed by atoms with Crippen LogP contribution in [0.2, 0.25) is 0 Å². The molecule has 1 rings (SSSR count). The molecule has 0 aromatic heterocycles. The predicted molar refractivity (Wildman–Crippen MR) is 94.5 cm³/mol. The second kappa shape index (κ2) is 17.0. The minimum absolute atomic E-state index is 0.755. The second-order valence-corrected chi connectivity index (χ2v) is 5.69. The highest BCUT2D eigenvalue weighted by Crippen LogP contribution is 2.18. The van der Waals surface area contributed by atoms with Crippen LogP contribution < -0.4 is 5.32 Å². The van der Waals surface area contributed by atoms with Gasteiger partial charge in [-0.25, -0.2) is 0 Å². The van der Waals surface area contributed by atoms with Gasteiger partial charge >= 0.3 is 0 Å². The summed E-state index contributed by atoms with van der Waals surface area (Å²) in [4.78, 5) is 2.42. The zero-order valence-corrected chi connectivity index (χ0v) is 15.5. The molecular weight excluding hydrogens is 244 g/mol. The Morgan fingerprint density at radius 3 is 2.00 bits per heavy atom. The van der Waals surface area contributed by atoms with Crippen LogP contribution in [0, 0.1) is 5.92 Å². The number of piperidine rings is 1. The maximum absolute atomic E-state index is 3.29. The van der Waals surface area contributed by atoms with Crippen molar-refractivity contribution in [2.24, 2.45) is 5.92 Å². The highest BCUT2D eigenvalue weighted by atomic mass is 15.1. The molecule has 0 aliphatic carbocycles. The summed E-state index contributed by atoms with van der Waals surface area (Å²) < 4.78 is 0. The molecular formula is C18H42N2. The zero-order chi connectivity index (χ0) is 15.8. The van der Waals surface area contributed by atoms with Crippen molar-refractivity contribution in [3.63, 3.8) is 0 Å². The lowest BCUT2D eigenvalue weighted by Gasteiger charge is -2.27. The summed E-state index contributed by atoms with van der Waals surface area (Å²) in [6.07, 6.45) is 9.51. The number of hydrogen-bond acceptors (Lipinski definition) is 2. The van der Waals surface area contributed by atoms with E-state index in [4.69, 9.17) is 0 Å². The van der Waals surface area contributed by atoms with Crippen molar-refractivity contribution in [1.82, 2.24) is 10.2 Å². The Balaban J connectivity index is 0. The highest BCUT2D eigenvalue weighted by molar-refractivity contribution is 4.67. The van der Waals surface area contributed by atoms with Crippen LogP contribution in [0.5, 0.6) is 0 Å². The van der Waals surface area contributed by atoms with Crippen LogP contribution in [0.15, 0.2) is 0 Å². The van der Waals surface area contributed by atoms with Gasteiger partial charge in [0.15, 0.2) is 0 Å². The molecule has 2 heteroatoms. The van der Waals surface area contributed by atoms with Gasteiger partial charge in [0.25, 0.3) is 0 Å². The number of rotatable bonds is 6. The minimum atomic E-state index is 0.755. The molecule has 0 aromatic carbocycles. The van der Waals surface area contributed by atoms with Gasteiger partial charge in [-0.1, -0.05) is 53.9 Å². The molecule has 1 saturated heterocycles. The standard InChI is InChI=1S/C8H17N.C8H19N.C2H6/c1-3-8-4-6-9(2)7-5-8;1-4-6-7-8(5-2)9-3;1-2/h8H,3-7H2,1-2H3;8-9H,4-7H2,1-3H3;1-2H3. The summed E-state index contributed by atoms with van der Waals surface area (Å²) in [6.45, 7) is 13.4. The van der Waals surface area contributed by atoms with Crippen molar-refractivity contribution in [2.75, 3.05) is 27.2 Å². The molecule has 1 aliphatic rings. The molecule has 0 aromatic rings. The summed E-state index contributed by atoms with van der Waals surface area (Å²) in [6, 6.07) is 0.755. The van der Waals surface area contributed by atoms with Crippen LogP contribution in [0.3, 0.4) is 0 Å². The molecule has 1 atom stereocenters. The van der Waals surface area contributed by atoms with Gasteiger partial charge in [-0.3, -0.25) is 0 Å². The van der Waals surface area contributed by atoms with Gasteiger partial charge in [0, 0.05) is 6.04 Å². The van der Waals surface area contributed by atoms with E-state index in [2.05, 4.69) is 38.0 Å². The Hall–Kier alpha value is -0.0800. The fourth-order valence-corrected chi connectivity index (χ4v) is 2.47. The van der Waals surface area contributed by atoms with Crippen molar-refractivity contribution < 1.29 is 0 Å². The van der Waals surface area contributed by atoms with E-state index in [9.17, 15) is 0 Å². The first-order chi connectivity index (χ1) is 9.67. The van der Waals surface area contributed by atoms with Gasteiger partial charge in [-0.05, 0) is 58.8 Å². The number of unbranched alkanes of at least 4 members (excludes halogenated alkanes) is 1. The lowest BCUT2D eigenvalue weighted by Crippen LogP contribution is -2.29. The van der Waals surface area contributed by atoms with Gasteiger partial charge in [-0.2, -0.15) is 0 Å². The molecule has 1 N–H and O–H groups in total. The summed E-state index contributed by atoms with van der Waals surface area (Å²) >= 11 is 0. The molecule has 0 saturated carbocycles. The van der Waals surface area contributed by atoms with Crippen molar-refractivity contribution in [1.29, 1.82) is 0 Å². The molecule has 124 valence electrons. The van der Waals surface area contributed by atoms with Gasteiger partial charge < -0.3 is 10.2 Å². The number of nitrogens with zero attached hydrogens (tertiary/aromatic N) is 1. The van der Waals surface area contributed by atoms with E-state index in [1.165, 1.54) is 58.0 Å². The van der Waals surface area contributed by atoms with Crippen molar-refractivity contribution in [3.8, 4) is 0 Å². The quantitative estimate of drug-likeness (QED) is 0.744. The third-order valence-electron chi connectivity index (χ3n) is 4.22. The van der Waals surface area contributed by atoms with E-state index in [0.29, 0.717) is 0 Å². The summed E-state index contributed by atoms with van der Waals surface area (Å²) in [7, 11) is 4.26. The maximum atomic E-state index is 3.29. The van der Waals surface area contributed by atoms with Crippen LogP contribution >= 0.6 is 0 Å². The molecule has 2 nitrogen and oxygen atoms in total. The SMILES string of the molecule is CC.CCC1CCN(C)CC1.CCCCC(CC)NC. The Morgan fingerprint density at radius 2 is 1.65 bits per heavy atom. The lowest BCUT2D eigenvalue weighted by atomic mass is 9.95. The average Bonchev–Trinajstić information content (AvgIpc) is 2.52. The number of nitrogens with one attached hydrogen (secondary N) is 1. The smallest absolute Gasteiger partial charge is 0.00614 e. The van der Waals surface area contributed by atoms with E-state index in [1.54, 1.807) is 0 Å². The van der Waals surface area contributed by atoms with Crippen molar-refractivity contribution in [3.05, 3.63) is 0 Å². The van der Waals surface area contributed by atoms with Gasteiger partial charge in [0.1, 0.15) is 0 Å². The van der Waals surface area contributed by atoms with Gasteiger partial charge in [0.05, 0.1) is 0 Å². The van der Waals surface area contributed by atoms with Crippen LogP contribution in [-0.2, 0) is 0 Å². The monoisotopic (exact) mass is 286 g/mol. The Bertz CT molecular complexity index is 152. The molecule has 1 heterocycles. The first-order valence-corrected chi connectivity index (χ1v) is 9.03. The molecule has 20 heavy (non-hydrogen) atoms. The third-order valence-corrected chi connectivity index (χ3v) is 4.22. The molecule has 1 unspecified atom stereocenters. The molecule has 1 aliphatic heterocycles. The van der Waals surface area contributed by atoms with E-state index >= 15 is 0 Å². The van der Waals surface area contributed by atoms with Crippen molar-refractivity contribution in [2.45, 2.75) is 85.6 Å². The third kappa shape index (κ3) is 12.9. The van der Waals surface area contributed by atoms with Crippen LogP contribution in [0.1, 0.15) is 79.6 Å². The summed E-state index contributed by atoms with van der Waals surface area (Å²) in [5.74, 6) is 1.03. The fourth-order valence-electron chi connectivity index (χ4n) is 2.47. The Labute approximate surface area is 129 Å². The van der Waals surface area contributed by atoms with E-state index in [-0.39, 0.29) is 0 Å². The average molecular weight is 287 g/mol.